The summed E-state index contributed by atoms with van der Waals surface area (Å²) in [6, 6.07) is 22.8. The largest absolute Gasteiger partial charge is 0.495 e. The number of fused-ring (bicyclic) bond motifs is 1. The number of aromatic nitrogens is 1. The Morgan fingerprint density at radius 2 is 1.81 bits per heavy atom. The van der Waals surface area contributed by atoms with Crippen LogP contribution in [-0.4, -0.2) is 40.2 Å². The summed E-state index contributed by atoms with van der Waals surface area (Å²) < 4.78 is 7.23. The maximum Gasteiger partial charge on any atom is 0.294 e. The SMILES string of the molecule is COc1ccc(NC(=O)CN2C(=O)S/C(=C\c3cn(Cc4ccccc4)c4ccccc34)C2=O)cc1Cl. The van der Waals surface area contributed by atoms with Crippen molar-refractivity contribution in [3.05, 3.63) is 100 Å². The Kier molecular flexibility index (Phi) is 7.03. The van der Waals surface area contributed by atoms with Crippen LogP contribution in [0.3, 0.4) is 0 Å². The molecule has 2 heterocycles. The molecule has 1 aromatic heterocycles. The third kappa shape index (κ3) is 5.26. The molecule has 1 fully saturated rings. The van der Waals surface area contributed by atoms with Crippen molar-refractivity contribution in [1.29, 1.82) is 0 Å². The van der Waals surface area contributed by atoms with E-state index in [1.54, 1.807) is 18.2 Å². The van der Waals surface area contributed by atoms with Gasteiger partial charge in [0.1, 0.15) is 12.3 Å². The van der Waals surface area contributed by atoms with Gasteiger partial charge in [0.15, 0.2) is 0 Å². The lowest BCUT2D eigenvalue weighted by Gasteiger charge is -2.13. The van der Waals surface area contributed by atoms with Crippen LogP contribution in [0.4, 0.5) is 10.5 Å². The number of hydrogen-bond acceptors (Lipinski definition) is 5. The molecule has 0 bridgehead atoms. The van der Waals surface area contributed by atoms with E-state index in [0.717, 1.165) is 38.7 Å². The van der Waals surface area contributed by atoms with Crippen molar-refractivity contribution >= 4 is 63.1 Å². The number of carbonyl (C=O) groups is 3. The maximum atomic E-state index is 13.1. The molecule has 1 aliphatic rings. The zero-order valence-corrected chi connectivity index (χ0v) is 21.4. The summed E-state index contributed by atoms with van der Waals surface area (Å²) in [5.41, 5.74) is 3.44. The van der Waals surface area contributed by atoms with Gasteiger partial charge in [-0.05, 0) is 47.7 Å². The van der Waals surface area contributed by atoms with Crippen LogP contribution in [0.25, 0.3) is 17.0 Å². The van der Waals surface area contributed by atoms with Crippen molar-refractivity contribution in [2.24, 2.45) is 0 Å². The number of nitrogens with one attached hydrogen (secondary N) is 1. The van der Waals surface area contributed by atoms with Gasteiger partial charge < -0.3 is 14.6 Å². The molecule has 186 valence electrons. The number of hydrogen-bond donors (Lipinski definition) is 1. The molecular formula is C28H22ClN3O4S. The number of amides is 3. The second-order valence-electron chi connectivity index (χ2n) is 8.38. The molecule has 0 radical (unpaired) electrons. The van der Waals surface area contributed by atoms with E-state index in [-0.39, 0.29) is 4.91 Å². The number of nitrogens with zero attached hydrogens (tertiary/aromatic N) is 2. The zero-order valence-electron chi connectivity index (χ0n) is 19.8. The number of thioether (sulfide) groups is 1. The maximum absolute atomic E-state index is 13.1. The molecule has 0 aliphatic carbocycles. The Labute approximate surface area is 222 Å². The fourth-order valence-electron chi connectivity index (χ4n) is 4.17. The second kappa shape index (κ2) is 10.5. The Bertz CT molecular complexity index is 1550. The molecule has 1 N–H and O–H groups in total. The first kappa shape index (κ1) is 24.7. The molecule has 0 saturated carbocycles. The summed E-state index contributed by atoms with van der Waals surface area (Å²) in [5.74, 6) is -0.539. The molecule has 3 aromatic carbocycles. The van der Waals surface area contributed by atoms with Crippen LogP contribution in [-0.2, 0) is 16.1 Å². The average Bonchev–Trinajstić information content (AvgIpc) is 3.36. The van der Waals surface area contributed by atoms with Crippen molar-refractivity contribution in [3.63, 3.8) is 0 Å². The van der Waals surface area contributed by atoms with Crippen LogP contribution in [0.2, 0.25) is 5.02 Å². The van der Waals surface area contributed by atoms with Crippen LogP contribution in [0.5, 0.6) is 5.75 Å². The number of rotatable bonds is 7. The highest BCUT2D eigenvalue weighted by atomic mass is 35.5. The Balaban J connectivity index is 1.34. The number of anilines is 1. The second-order valence-corrected chi connectivity index (χ2v) is 9.78. The fraction of sp³-hybridized carbons (Fsp3) is 0.107. The van der Waals surface area contributed by atoms with Crippen molar-refractivity contribution in [3.8, 4) is 5.75 Å². The minimum absolute atomic E-state index is 0.271. The average molecular weight is 532 g/mol. The highest BCUT2D eigenvalue weighted by Crippen LogP contribution is 2.34. The van der Waals surface area contributed by atoms with Gasteiger partial charge in [-0.2, -0.15) is 0 Å². The lowest BCUT2D eigenvalue weighted by atomic mass is 10.1. The number of benzene rings is 3. The molecule has 37 heavy (non-hydrogen) atoms. The molecular weight excluding hydrogens is 510 g/mol. The predicted octanol–water partition coefficient (Wildman–Crippen LogP) is 6.03. The van der Waals surface area contributed by atoms with Crippen molar-refractivity contribution in [2.45, 2.75) is 6.54 Å². The molecule has 0 spiro atoms. The monoisotopic (exact) mass is 531 g/mol. The number of imide groups is 1. The number of para-hydroxylation sites is 1. The third-order valence-electron chi connectivity index (χ3n) is 5.91. The summed E-state index contributed by atoms with van der Waals surface area (Å²) in [6.07, 6.45) is 3.70. The minimum atomic E-state index is -0.510. The Morgan fingerprint density at radius 3 is 2.57 bits per heavy atom. The van der Waals surface area contributed by atoms with E-state index >= 15 is 0 Å². The first-order valence-electron chi connectivity index (χ1n) is 11.4. The van der Waals surface area contributed by atoms with Gasteiger partial charge >= 0.3 is 0 Å². The quantitative estimate of drug-likeness (QED) is 0.295. The highest BCUT2D eigenvalue weighted by Gasteiger charge is 2.36. The molecule has 1 saturated heterocycles. The summed E-state index contributed by atoms with van der Waals surface area (Å²) >= 11 is 6.93. The van der Waals surface area contributed by atoms with Crippen LogP contribution in [0.1, 0.15) is 11.1 Å². The lowest BCUT2D eigenvalue weighted by Crippen LogP contribution is -2.36. The minimum Gasteiger partial charge on any atom is -0.495 e. The van der Waals surface area contributed by atoms with Crippen molar-refractivity contribution < 1.29 is 19.1 Å². The first-order chi connectivity index (χ1) is 17.9. The fourth-order valence-corrected chi connectivity index (χ4v) is 5.25. The van der Waals surface area contributed by atoms with Gasteiger partial charge in [-0.3, -0.25) is 19.3 Å². The normalized spacial score (nSPS) is 14.5. The van der Waals surface area contributed by atoms with Gasteiger partial charge in [0.2, 0.25) is 5.91 Å². The van der Waals surface area contributed by atoms with E-state index in [1.807, 2.05) is 48.7 Å². The van der Waals surface area contributed by atoms with Gasteiger partial charge in [-0.1, -0.05) is 60.1 Å². The number of methoxy groups -OCH3 is 1. The molecule has 7 nitrogen and oxygen atoms in total. The van der Waals surface area contributed by atoms with Crippen molar-refractivity contribution in [1.82, 2.24) is 9.47 Å². The Morgan fingerprint density at radius 1 is 1.05 bits per heavy atom. The van der Waals surface area contributed by atoms with Crippen LogP contribution in [0, 0.1) is 0 Å². The molecule has 5 rings (SSSR count). The van der Waals surface area contributed by atoms with E-state index in [0.29, 0.717) is 23.0 Å². The molecule has 0 unspecified atom stereocenters. The van der Waals surface area contributed by atoms with Crippen LogP contribution in [0.15, 0.2) is 83.9 Å². The topological polar surface area (TPSA) is 80.6 Å². The number of halogens is 1. The molecule has 9 heteroatoms. The van der Waals surface area contributed by atoms with Gasteiger partial charge in [0.05, 0.1) is 17.0 Å². The zero-order chi connectivity index (χ0) is 25.9. The van der Waals surface area contributed by atoms with Crippen molar-refractivity contribution in [2.75, 3.05) is 19.0 Å². The van der Waals surface area contributed by atoms with E-state index < -0.39 is 23.6 Å². The van der Waals surface area contributed by atoms with Gasteiger partial charge in [0.25, 0.3) is 11.1 Å². The third-order valence-corrected chi connectivity index (χ3v) is 7.12. The van der Waals surface area contributed by atoms with Gasteiger partial charge in [-0.15, -0.1) is 0 Å². The smallest absolute Gasteiger partial charge is 0.294 e. The van der Waals surface area contributed by atoms with Crippen LogP contribution >= 0.6 is 23.4 Å². The molecule has 1 aliphatic heterocycles. The van der Waals surface area contributed by atoms with Gasteiger partial charge in [-0.25, -0.2) is 0 Å². The van der Waals surface area contributed by atoms with E-state index in [9.17, 15) is 14.4 Å². The van der Waals surface area contributed by atoms with E-state index in [1.165, 1.54) is 13.2 Å². The Hall–Kier alpha value is -4.01. The van der Waals surface area contributed by atoms with E-state index in [2.05, 4.69) is 22.0 Å². The van der Waals surface area contributed by atoms with Gasteiger partial charge in [0, 0.05) is 34.9 Å². The van der Waals surface area contributed by atoms with E-state index in [4.69, 9.17) is 16.3 Å². The molecule has 4 aromatic rings. The lowest BCUT2D eigenvalue weighted by molar-refractivity contribution is -0.127. The number of carbonyl (C=O) groups excluding carboxylic acids is 3. The summed E-state index contributed by atoms with van der Waals surface area (Å²) in [4.78, 5) is 39.5. The molecule has 3 amide bonds. The standard InChI is InChI=1S/C28H22ClN3O4S/c1-36-24-12-11-20(14-22(24)29)30-26(33)17-32-27(34)25(37-28(32)35)13-19-16-31(15-18-7-3-2-4-8-18)23-10-6-5-9-21(19)23/h2-14,16H,15,17H2,1H3,(H,30,33)/b25-13-. The highest BCUT2D eigenvalue weighted by molar-refractivity contribution is 8.18. The molecule has 0 atom stereocenters. The summed E-state index contributed by atoms with van der Waals surface area (Å²) in [6.45, 7) is 0.271. The summed E-state index contributed by atoms with van der Waals surface area (Å²) in [5, 5.41) is 3.47. The van der Waals surface area contributed by atoms with Crippen LogP contribution < -0.4 is 10.1 Å². The first-order valence-corrected chi connectivity index (χ1v) is 12.6. The predicted molar refractivity (Wildman–Crippen MR) is 147 cm³/mol. The number of ether oxygens (including phenoxy) is 1. The summed E-state index contributed by atoms with van der Waals surface area (Å²) in [7, 11) is 1.49.